The average molecular weight is 394 g/mol. The molecule has 0 fully saturated rings. The highest BCUT2D eigenvalue weighted by molar-refractivity contribution is 9.10. The summed E-state index contributed by atoms with van der Waals surface area (Å²) in [5.41, 5.74) is 2.17. The van der Waals surface area contributed by atoms with Crippen molar-refractivity contribution in [2.24, 2.45) is 0 Å². The molecule has 2 aromatic carbocycles. The van der Waals surface area contributed by atoms with Gasteiger partial charge in [0.05, 0.1) is 0 Å². The molecule has 0 aliphatic heterocycles. The molecule has 7 heteroatoms. The van der Waals surface area contributed by atoms with Gasteiger partial charge in [-0.15, -0.1) is 10.2 Å². The summed E-state index contributed by atoms with van der Waals surface area (Å²) in [6.45, 7) is 0. The summed E-state index contributed by atoms with van der Waals surface area (Å²) in [5, 5.41) is 11.1. The molecule has 0 saturated carbocycles. The molecule has 0 unspecified atom stereocenters. The predicted molar refractivity (Wildman–Crippen MR) is 98.3 cm³/mol. The number of halogens is 1. The van der Waals surface area contributed by atoms with E-state index in [0.717, 1.165) is 15.7 Å². The molecule has 1 N–H and O–H groups in total. The zero-order valence-electron chi connectivity index (χ0n) is 12.9. The number of rotatable bonds is 3. The van der Waals surface area contributed by atoms with Crippen LogP contribution in [0.15, 0.2) is 71.5 Å². The maximum absolute atomic E-state index is 12.3. The number of hydrogen-bond donors (Lipinski definition) is 1. The summed E-state index contributed by atoms with van der Waals surface area (Å²) in [4.78, 5) is 16.5. The summed E-state index contributed by atoms with van der Waals surface area (Å²) in [7, 11) is 0. The lowest BCUT2D eigenvalue weighted by Crippen LogP contribution is -2.11. The molecule has 0 aliphatic carbocycles. The van der Waals surface area contributed by atoms with E-state index in [9.17, 15) is 4.79 Å². The fourth-order valence-corrected chi connectivity index (χ4v) is 2.71. The van der Waals surface area contributed by atoms with Crippen molar-refractivity contribution in [2.75, 3.05) is 5.32 Å². The van der Waals surface area contributed by atoms with E-state index >= 15 is 0 Å². The van der Waals surface area contributed by atoms with Crippen LogP contribution in [0.5, 0.6) is 0 Å². The molecule has 2 aromatic heterocycles. The van der Waals surface area contributed by atoms with Crippen LogP contribution in [-0.2, 0) is 0 Å². The molecule has 4 rings (SSSR count). The number of fused-ring (bicyclic) bond motifs is 1. The Balaban J connectivity index is 1.57. The number of nitrogens with zero attached hydrogens (tertiary/aromatic N) is 4. The SMILES string of the molecule is O=C(Nc1ccc(Br)cc1)c1ccc(-c2nnc3ncccn23)cc1. The normalized spacial score (nSPS) is 10.8. The number of benzene rings is 2. The van der Waals surface area contributed by atoms with Gasteiger partial charge in [0.15, 0.2) is 5.82 Å². The third-order valence-electron chi connectivity index (χ3n) is 3.70. The monoisotopic (exact) mass is 393 g/mol. The van der Waals surface area contributed by atoms with Crippen molar-refractivity contribution in [2.45, 2.75) is 0 Å². The lowest BCUT2D eigenvalue weighted by atomic mass is 10.1. The second-order valence-corrected chi connectivity index (χ2v) is 6.27. The molecule has 0 saturated heterocycles. The number of amides is 1. The Bertz CT molecular complexity index is 1040. The van der Waals surface area contributed by atoms with Crippen molar-refractivity contribution in [3.8, 4) is 11.4 Å². The standard InChI is InChI=1S/C18H12BrN5O/c19-14-6-8-15(9-7-14)21-17(25)13-4-2-12(3-5-13)16-22-23-18-20-10-1-11-24(16)18/h1-11H,(H,21,25). The Kier molecular flexibility index (Phi) is 3.99. The first-order chi connectivity index (χ1) is 12.2. The first-order valence-electron chi connectivity index (χ1n) is 7.54. The molecule has 2 heterocycles. The summed E-state index contributed by atoms with van der Waals surface area (Å²) < 4.78 is 2.77. The zero-order valence-corrected chi connectivity index (χ0v) is 14.5. The summed E-state index contributed by atoms with van der Waals surface area (Å²) in [5.74, 6) is 1.05. The molecule has 0 aliphatic rings. The number of carbonyl (C=O) groups excluding carboxylic acids is 1. The zero-order chi connectivity index (χ0) is 17.2. The van der Waals surface area contributed by atoms with Gasteiger partial charge in [-0.1, -0.05) is 28.1 Å². The first kappa shape index (κ1) is 15.5. The largest absolute Gasteiger partial charge is 0.322 e. The lowest BCUT2D eigenvalue weighted by Gasteiger charge is -2.06. The third kappa shape index (κ3) is 3.14. The highest BCUT2D eigenvalue weighted by Crippen LogP contribution is 2.19. The fraction of sp³-hybridized carbons (Fsp3) is 0. The van der Waals surface area contributed by atoms with Crippen molar-refractivity contribution in [3.05, 3.63) is 77.0 Å². The maximum atomic E-state index is 12.3. The molecule has 1 amide bonds. The number of anilines is 1. The van der Waals surface area contributed by atoms with Gasteiger partial charge in [-0.3, -0.25) is 9.20 Å². The first-order valence-corrected chi connectivity index (χ1v) is 8.33. The second kappa shape index (κ2) is 6.45. The molecule has 6 nitrogen and oxygen atoms in total. The van der Waals surface area contributed by atoms with E-state index in [1.807, 2.05) is 48.7 Å². The van der Waals surface area contributed by atoms with Crippen LogP contribution in [0.25, 0.3) is 17.2 Å². The van der Waals surface area contributed by atoms with Crippen LogP contribution in [0, 0.1) is 0 Å². The molecule has 4 aromatic rings. The van der Waals surface area contributed by atoms with Gasteiger partial charge in [0.2, 0.25) is 0 Å². The molecule has 0 bridgehead atoms. The van der Waals surface area contributed by atoms with E-state index in [0.29, 0.717) is 17.2 Å². The van der Waals surface area contributed by atoms with E-state index in [1.165, 1.54) is 0 Å². The van der Waals surface area contributed by atoms with Crippen LogP contribution >= 0.6 is 15.9 Å². The van der Waals surface area contributed by atoms with Crippen LogP contribution < -0.4 is 5.32 Å². The van der Waals surface area contributed by atoms with Gasteiger partial charge < -0.3 is 5.32 Å². The van der Waals surface area contributed by atoms with Crippen molar-refractivity contribution < 1.29 is 4.79 Å². The van der Waals surface area contributed by atoms with Gasteiger partial charge in [-0.25, -0.2) is 4.98 Å². The van der Waals surface area contributed by atoms with E-state index < -0.39 is 0 Å². The Labute approximate surface area is 151 Å². The number of carbonyl (C=O) groups is 1. The minimum absolute atomic E-state index is 0.165. The molecule has 0 radical (unpaired) electrons. The summed E-state index contributed by atoms with van der Waals surface area (Å²) in [6, 6.07) is 16.5. The fourth-order valence-electron chi connectivity index (χ4n) is 2.45. The van der Waals surface area contributed by atoms with Gasteiger partial charge >= 0.3 is 0 Å². The Morgan fingerprint density at radius 2 is 1.76 bits per heavy atom. The van der Waals surface area contributed by atoms with E-state index in [-0.39, 0.29) is 5.91 Å². The van der Waals surface area contributed by atoms with Gasteiger partial charge in [-0.05, 0) is 42.5 Å². The van der Waals surface area contributed by atoms with Crippen LogP contribution in [0.3, 0.4) is 0 Å². The maximum Gasteiger partial charge on any atom is 0.255 e. The summed E-state index contributed by atoms with van der Waals surface area (Å²) >= 11 is 3.37. The average Bonchev–Trinajstić information content (AvgIpc) is 3.08. The quantitative estimate of drug-likeness (QED) is 0.574. The summed E-state index contributed by atoms with van der Waals surface area (Å²) in [6.07, 6.45) is 3.52. The molecular weight excluding hydrogens is 382 g/mol. The minimum Gasteiger partial charge on any atom is -0.322 e. The Morgan fingerprint density at radius 1 is 1.00 bits per heavy atom. The van der Waals surface area contributed by atoms with Gasteiger partial charge in [-0.2, -0.15) is 0 Å². The number of nitrogens with one attached hydrogen (secondary N) is 1. The van der Waals surface area contributed by atoms with Crippen molar-refractivity contribution in [3.63, 3.8) is 0 Å². The predicted octanol–water partition coefficient (Wildman–Crippen LogP) is 3.81. The molecule has 25 heavy (non-hydrogen) atoms. The molecule has 0 atom stereocenters. The van der Waals surface area contributed by atoms with E-state index in [2.05, 4.69) is 36.4 Å². The third-order valence-corrected chi connectivity index (χ3v) is 4.23. The van der Waals surface area contributed by atoms with Crippen LogP contribution in [0.1, 0.15) is 10.4 Å². The van der Waals surface area contributed by atoms with Crippen LogP contribution in [-0.4, -0.2) is 25.5 Å². The van der Waals surface area contributed by atoms with Crippen molar-refractivity contribution in [1.29, 1.82) is 0 Å². The molecule has 0 spiro atoms. The highest BCUT2D eigenvalue weighted by Gasteiger charge is 2.10. The smallest absolute Gasteiger partial charge is 0.255 e. The van der Waals surface area contributed by atoms with Gasteiger partial charge in [0.1, 0.15) is 0 Å². The molecule has 122 valence electrons. The highest BCUT2D eigenvalue weighted by atomic mass is 79.9. The Hall–Kier alpha value is -3.06. The van der Waals surface area contributed by atoms with E-state index in [4.69, 9.17) is 0 Å². The Morgan fingerprint density at radius 3 is 2.52 bits per heavy atom. The lowest BCUT2D eigenvalue weighted by molar-refractivity contribution is 0.102. The number of hydrogen-bond acceptors (Lipinski definition) is 4. The van der Waals surface area contributed by atoms with Crippen LogP contribution in [0.4, 0.5) is 5.69 Å². The van der Waals surface area contributed by atoms with E-state index in [1.54, 1.807) is 22.7 Å². The topological polar surface area (TPSA) is 72.2 Å². The number of aromatic nitrogens is 4. The van der Waals surface area contributed by atoms with Crippen molar-refractivity contribution >= 4 is 33.3 Å². The second-order valence-electron chi connectivity index (χ2n) is 5.35. The molecular formula is C18H12BrN5O. The van der Waals surface area contributed by atoms with Gasteiger partial charge in [0.25, 0.3) is 11.7 Å². The van der Waals surface area contributed by atoms with Crippen LogP contribution in [0.2, 0.25) is 0 Å². The van der Waals surface area contributed by atoms with Gasteiger partial charge in [0, 0.05) is 33.7 Å². The van der Waals surface area contributed by atoms with Crippen molar-refractivity contribution in [1.82, 2.24) is 19.6 Å². The minimum atomic E-state index is -0.165.